The van der Waals surface area contributed by atoms with E-state index >= 15 is 0 Å². The molecule has 0 saturated carbocycles. The zero-order chi connectivity index (χ0) is 30.5. The average molecular weight is 589 g/mol. The fraction of sp³-hybridized carbons (Fsp3) is 0. The van der Waals surface area contributed by atoms with Crippen LogP contribution >= 0.6 is 0 Å². The van der Waals surface area contributed by atoms with Crippen molar-refractivity contribution in [1.29, 1.82) is 0 Å². The molecule has 0 bridgehead atoms. The van der Waals surface area contributed by atoms with Crippen LogP contribution in [-0.4, -0.2) is 19.1 Å². The molecule has 9 aromatic rings. The van der Waals surface area contributed by atoms with Crippen molar-refractivity contribution in [3.8, 4) is 45.1 Å². The van der Waals surface area contributed by atoms with Gasteiger partial charge in [-0.3, -0.25) is 4.57 Å². The van der Waals surface area contributed by atoms with Gasteiger partial charge in [-0.1, -0.05) is 115 Å². The van der Waals surface area contributed by atoms with Crippen LogP contribution in [0, 0.1) is 0 Å². The summed E-state index contributed by atoms with van der Waals surface area (Å²) in [5, 5.41) is 3.36. The van der Waals surface area contributed by atoms with E-state index in [2.05, 4.69) is 173 Å². The molecular weight excluding hydrogens is 560 g/mol. The van der Waals surface area contributed by atoms with Crippen molar-refractivity contribution in [3.05, 3.63) is 170 Å². The van der Waals surface area contributed by atoms with E-state index in [0.717, 1.165) is 61.1 Å². The molecule has 0 aliphatic carbocycles. The number of aromatic nitrogens is 4. The Balaban J connectivity index is 1.36. The third-order valence-corrected chi connectivity index (χ3v) is 8.75. The zero-order valence-electron chi connectivity index (χ0n) is 25.0. The number of para-hydroxylation sites is 3. The number of fused-ring (bicyclic) bond motifs is 4. The van der Waals surface area contributed by atoms with Crippen LogP contribution < -0.4 is 0 Å². The molecule has 0 spiro atoms. The van der Waals surface area contributed by atoms with Gasteiger partial charge in [0.1, 0.15) is 0 Å². The topological polar surface area (TPSA) is 35.6 Å². The van der Waals surface area contributed by atoms with Crippen LogP contribution in [0.25, 0.3) is 77.9 Å². The summed E-state index contributed by atoms with van der Waals surface area (Å²) in [4.78, 5) is 10.7. The van der Waals surface area contributed by atoms with Gasteiger partial charge in [0.15, 0.2) is 0 Å². The fourth-order valence-electron chi connectivity index (χ4n) is 6.57. The molecule has 0 amide bonds. The molecule has 4 heteroatoms. The Bertz CT molecular complexity index is 2400. The summed E-state index contributed by atoms with van der Waals surface area (Å²) in [6.45, 7) is 0. The van der Waals surface area contributed by atoms with E-state index in [-0.39, 0.29) is 0 Å². The minimum absolute atomic E-state index is 0.650. The smallest absolute Gasteiger partial charge is 0.235 e. The first-order valence-corrected chi connectivity index (χ1v) is 15.5. The molecule has 46 heavy (non-hydrogen) atoms. The summed E-state index contributed by atoms with van der Waals surface area (Å²) in [5.41, 5.74) is 10.7. The van der Waals surface area contributed by atoms with E-state index < -0.39 is 0 Å². The van der Waals surface area contributed by atoms with Gasteiger partial charge in [-0.2, -0.15) is 0 Å². The number of hydrogen-bond donors (Lipinski definition) is 0. The van der Waals surface area contributed by atoms with Gasteiger partial charge in [0.2, 0.25) is 5.95 Å². The van der Waals surface area contributed by atoms with Crippen LogP contribution in [0.5, 0.6) is 0 Å². The summed E-state index contributed by atoms with van der Waals surface area (Å²) in [6, 6.07) is 55.3. The van der Waals surface area contributed by atoms with Crippen molar-refractivity contribution >= 4 is 32.7 Å². The first-order chi connectivity index (χ1) is 22.8. The van der Waals surface area contributed by atoms with Crippen LogP contribution in [0.4, 0.5) is 0 Å². The maximum absolute atomic E-state index is 5.43. The van der Waals surface area contributed by atoms with E-state index in [1.165, 1.54) is 10.8 Å². The largest absolute Gasteiger partial charge is 0.321 e. The third-order valence-electron chi connectivity index (χ3n) is 8.75. The Labute approximate surface area is 266 Å². The SMILES string of the molecule is c1ccc(-c2cc(-c3ccccc3)cc(-c3nc(-n4c5ccccc5c5ccccc54)nc4cn(-c5ccccc5)cc34)c2)cc1. The molecule has 3 aromatic heterocycles. The average Bonchev–Trinajstić information content (AvgIpc) is 3.72. The first kappa shape index (κ1) is 26.2. The second kappa shape index (κ2) is 10.7. The van der Waals surface area contributed by atoms with Gasteiger partial charge in [-0.05, 0) is 64.7 Å². The van der Waals surface area contributed by atoms with Crippen molar-refractivity contribution in [2.75, 3.05) is 0 Å². The molecule has 0 atom stereocenters. The number of benzene rings is 6. The predicted molar refractivity (Wildman–Crippen MR) is 190 cm³/mol. The molecule has 0 radical (unpaired) electrons. The Morgan fingerprint density at radius 1 is 0.391 bits per heavy atom. The zero-order valence-corrected chi connectivity index (χ0v) is 25.0. The van der Waals surface area contributed by atoms with Crippen molar-refractivity contribution < 1.29 is 0 Å². The molecule has 9 rings (SSSR count). The van der Waals surface area contributed by atoms with E-state index in [1.54, 1.807) is 0 Å². The summed E-state index contributed by atoms with van der Waals surface area (Å²) in [7, 11) is 0. The van der Waals surface area contributed by atoms with E-state index in [4.69, 9.17) is 9.97 Å². The minimum atomic E-state index is 0.650. The molecule has 0 saturated heterocycles. The van der Waals surface area contributed by atoms with Crippen LogP contribution in [-0.2, 0) is 0 Å². The minimum Gasteiger partial charge on any atom is -0.321 e. The van der Waals surface area contributed by atoms with Crippen LogP contribution in [0.15, 0.2) is 170 Å². The standard InChI is InChI=1S/C42H28N4/c1-4-14-29(15-5-1)31-24-32(30-16-6-2-7-17-30)26-33(25-31)41-37-27-45(34-18-8-3-9-19-34)28-38(37)43-42(44-41)46-39-22-12-10-20-35(39)36-21-11-13-23-40(36)46/h1-28H. The molecule has 0 aliphatic rings. The molecule has 0 N–H and O–H groups in total. The van der Waals surface area contributed by atoms with E-state index in [0.29, 0.717) is 5.95 Å². The van der Waals surface area contributed by atoms with Crippen LogP contribution in [0.3, 0.4) is 0 Å². The summed E-state index contributed by atoms with van der Waals surface area (Å²) in [5.74, 6) is 0.650. The molecule has 0 unspecified atom stereocenters. The van der Waals surface area contributed by atoms with Crippen LogP contribution in [0.2, 0.25) is 0 Å². The first-order valence-electron chi connectivity index (χ1n) is 15.5. The second-order valence-electron chi connectivity index (χ2n) is 11.6. The maximum atomic E-state index is 5.43. The van der Waals surface area contributed by atoms with Gasteiger partial charge in [0, 0.05) is 39.8 Å². The highest BCUT2D eigenvalue weighted by atomic mass is 15.2. The lowest BCUT2D eigenvalue weighted by atomic mass is 9.94. The van der Waals surface area contributed by atoms with Gasteiger partial charge in [-0.25, -0.2) is 9.97 Å². The normalized spacial score (nSPS) is 11.5. The molecule has 3 heterocycles. The highest BCUT2D eigenvalue weighted by Crippen LogP contribution is 2.37. The Hall–Kier alpha value is -6.26. The second-order valence-corrected chi connectivity index (χ2v) is 11.6. The van der Waals surface area contributed by atoms with Crippen molar-refractivity contribution in [2.24, 2.45) is 0 Å². The number of nitrogens with zero attached hydrogens (tertiary/aromatic N) is 4. The maximum Gasteiger partial charge on any atom is 0.235 e. The number of hydrogen-bond acceptors (Lipinski definition) is 2. The van der Waals surface area contributed by atoms with Gasteiger partial charge in [0.25, 0.3) is 0 Å². The molecule has 216 valence electrons. The van der Waals surface area contributed by atoms with Crippen molar-refractivity contribution in [3.63, 3.8) is 0 Å². The van der Waals surface area contributed by atoms with E-state index in [1.807, 2.05) is 6.07 Å². The highest BCUT2D eigenvalue weighted by molar-refractivity contribution is 6.09. The fourth-order valence-corrected chi connectivity index (χ4v) is 6.57. The monoisotopic (exact) mass is 588 g/mol. The lowest BCUT2D eigenvalue weighted by molar-refractivity contribution is 1.01. The number of rotatable bonds is 5. The quantitative estimate of drug-likeness (QED) is 0.200. The van der Waals surface area contributed by atoms with Gasteiger partial charge < -0.3 is 4.57 Å². The Kier molecular flexibility index (Phi) is 6.10. The molecule has 0 aliphatic heterocycles. The summed E-state index contributed by atoms with van der Waals surface area (Å²) < 4.78 is 4.35. The summed E-state index contributed by atoms with van der Waals surface area (Å²) >= 11 is 0. The van der Waals surface area contributed by atoms with Gasteiger partial charge in [-0.15, -0.1) is 0 Å². The predicted octanol–water partition coefficient (Wildman–Crippen LogP) is 10.5. The molecular formula is C42H28N4. The van der Waals surface area contributed by atoms with Crippen molar-refractivity contribution in [2.45, 2.75) is 0 Å². The highest BCUT2D eigenvalue weighted by Gasteiger charge is 2.19. The lowest BCUT2D eigenvalue weighted by Gasteiger charge is -2.13. The Morgan fingerprint density at radius 3 is 1.48 bits per heavy atom. The summed E-state index contributed by atoms with van der Waals surface area (Å²) in [6.07, 6.45) is 4.28. The Morgan fingerprint density at radius 2 is 0.891 bits per heavy atom. The van der Waals surface area contributed by atoms with E-state index in [9.17, 15) is 0 Å². The van der Waals surface area contributed by atoms with Crippen molar-refractivity contribution in [1.82, 2.24) is 19.1 Å². The van der Waals surface area contributed by atoms with Gasteiger partial charge in [0.05, 0.1) is 22.2 Å². The van der Waals surface area contributed by atoms with Crippen LogP contribution in [0.1, 0.15) is 0 Å². The van der Waals surface area contributed by atoms with Gasteiger partial charge >= 0.3 is 0 Å². The third kappa shape index (κ3) is 4.39. The lowest BCUT2D eigenvalue weighted by Crippen LogP contribution is -2.02. The molecule has 0 fully saturated rings. The molecule has 6 aromatic carbocycles. The molecule has 4 nitrogen and oxygen atoms in total.